The van der Waals surface area contributed by atoms with Gasteiger partial charge in [0.2, 0.25) is 11.5 Å². The highest BCUT2D eigenvalue weighted by Crippen LogP contribution is 2.48. The molecular weight excluding hydrogens is 396 g/mol. The standard InChI is InChI=1S/C24H32N2O5/c1-5-16-11-13-26(15-16)24(27)19-14-20(22(29-3)23(30-4)21(19)28-2)31-18-8-6-17(7-9-18)10-12-25/h6-9,14,16H,5,10-13,15,25H2,1-4H3. The molecule has 2 aromatic rings. The van der Waals surface area contributed by atoms with Gasteiger partial charge in [0, 0.05) is 19.2 Å². The van der Waals surface area contributed by atoms with Crippen LogP contribution in [-0.2, 0) is 6.42 Å². The molecule has 1 unspecified atom stereocenters. The van der Waals surface area contributed by atoms with Crippen molar-refractivity contribution in [2.75, 3.05) is 41.0 Å². The maximum Gasteiger partial charge on any atom is 0.257 e. The maximum atomic E-state index is 13.4. The van der Waals surface area contributed by atoms with E-state index in [9.17, 15) is 4.79 Å². The minimum Gasteiger partial charge on any atom is -0.492 e. The lowest BCUT2D eigenvalue weighted by Crippen LogP contribution is -2.29. The van der Waals surface area contributed by atoms with Gasteiger partial charge in [0.15, 0.2) is 11.5 Å². The zero-order chi connectivity index (χ0) is 22.4. The molecule has 0 saturated carbocycles. The van der Waals surface area contributed by atoms with E-state index in [0.29, 0.717) is 46.8 Å². The zero-order valence-electron chi connectivity index (χ0n) is 18.8. The second kappa shape index (κ2) is 10.4. The third-order valence-electron chi connectivity index (χ3n) is 5.73. The van der Waals surface area contributed by atoms with Crippen LogP contribution in [0.3, 0.4) is 0 Å². The van der Waals surface area contributed by atoms with E-state index in [1.807, 2.05) is 29.2 Å². The van der Waals surface area contributed by atoms with Crippen molar-refractivity contribution in [3.8, 4) is 28.7 Å². The van der Waals surface area contributed by atoms with Gasteiger partial charge in [-0.1, -0.05) is 25.5 Å². The Morgan fingerprint density at radius 2 is 1.74 bits per heavy atom. The van der Waals surface area contributed by atoms with Crippen LogP contribution in [0.25, 0.3) is 0 Å². The Bertz CT molecular complexity index is 898. The first kappa shape index (κ1) is 22.7. The van der Waals surface area contributed by atoms with E-state index in [0.717, 1.165) is 37.9 Å². The Hall–Kier alpha value is -2.93. The molecule has 1 aliphatic rings. The lowest BCUT2D eigenvalue weighted by Gasteiger charge is -2.22. The van der Waals surface area contributed by atoms with Gasteiger partial charge in [0.25, 0.3) is 5.91 Å². The second-order valence-electron chi connectivity index (χ2n) is 7.62. The first-order chi connectivity index (χ1) is 15.1. The van der Waals surface area contributed by atoms with Crippen LogP contribution >= 0.6 is 0 Å². The molecule has 1 fully saturated rings. The van der Waals surface area contributed by atoms with Crippen LogP contribution in [0.2, 0.25) is 0 Å². The van der Waals surface area contributed by atoms with E-state index >= 15 is 0 Å². The number of amides is 1. The highest BCUT2D eigenvalue weighted by molar-refractivity contribution is 5.99. The Kier molecular flexibility index (Phi) is 7.63. The molecule has 0 spiro atoms. The fourth-order valence-corrected chi connectivity index (χ4v) is 3.95. The minimum atomic E-state index is -0.100. The molecule has 31 heavy (non-hydrogen) atoms. The van der Waals surface area contributed by atoms with Crippen molar-refractivity contribution < 1.29 is 23.7 Å². The third kappa shape index (κ3) is 4.88. The van der Waals surface area contributed by atoms with Crippen LogP contribution in [0.4, 0.5) is 0 Å². The Morgan fingerprint density at radius 3 is 2.29 bits per heavy atom. The molecule has 2 aromatic carbocycles. The summed E-state index contributed by atoms with van der Waals surface area (Å²) in [7, 11) is 4.56. The fourth-order valence-electron chi connectivity index (χ4n) is 3.95. The maximum absolute atomic E-state index is 13.4. The molecule has 0 aromatic heterocycles. The SMILES string of the molecule is CCC1CCN(C(=O)c2cc(Oc3ccc(CCN)cc3)c(OC)c(OC)c2OC)C1. The molecule has 1 amide bonds. The molecule has 0 aliphatic carbocycles. The fraction of sp³-hybridized carbons (Fsp3) is 0.458. The van der Waals surface area contributed by atoms with E-state index in [1.165, 1.54) is 21.3 Å². The number of likely N-dealkylation sites (tertiary alicyclic amines) is 1. The molecule has 3 rings (SSSR count). The molecule has 168 valence electrons. The van der Waals surface area contributed by atoms with Crippen LogP contribution in [0, 0.1) is 5.92 Å². The Balaban J connectivity index is 2.00. The van der Waals surface area contributed by atoms with Crippen molar-refractivity contribution in [1.29, 1.82) is 0 Å². The van der Waals surface area contributed by atoms with Crippen LogP contribution < -0.4 is 24.7 Å². The highest BCUT2D eigenvalue weighted by atomic mass is 16.5. The largest absolute Gasteiger partial charge is 0.492 e. The van der Waals surface area contributed by atoms with E-state index in [1.54, 1.807) is 6.07 Å². The van der Waals surface area contributed by atoms with Gasteiger partial charge in [-0.2, -0.15) is 0 Å². The summed E-state index contributed by atoms with van der Waals surface area (Å²) in [6.07, 6.45) is 2.87. The predicted molar refractivity (Wildman–Crippen MR) is 120 cm³/mol. The van der Waals surface area contributed by atoms with Gasteiger partial charge in [-0.05, 0) is 43.0 Å². The van der Waals surface area contributed by atoms with E-state index < -0.39 is 0 Å². The zero-order valence-corrected chi connectivity index (χ0v) is 18.8. The number of carbonyl (C=O) groups is 1. The van der Waals surface area contributed by atoms with Crippen LogP contribution in [0.5, 0.6) is 28.7 Å². The van der Waals surface area contributed by atoms with E-state index in [2.05, 4.69) is 6.92 Å². The Labute approximate surface area is 184 Å². The molecule has 7 heteroatoms. The van der Waals surface area contributed by atoms with Gasteiger partial charge < -0.3 is 29.6 Å². The summed E-state index contributed by atoms with van der Waals surface area (Å²) in [5, 5.41) is 0. The van der Waals surface area contributed by atoms with Crippen molar-refractivity contribution >= 4 is 5.91 Å². The first-order valence-electron chi connectivity index (χ1n) is 10.6. The van der Waals surface area contributed by atoms with Crippen LogP contribution in [0.15, 0.2) is 30.3 Å². The average Bonchev–Trinajstić information content (AvgIpc) is 3.28. The summed E-state index contributed by atoms with van der Waals surface area (Å²) in [6, 6.07) is 9.35. The van der Waals surface area contributed by atoms with Crippen LogP contribution in [-0.4, -0.2) is 51.8 Å². The number of rotatable bonds is 9. The molecule has 0 radical (unpaired) electrons. The monoisotopic (exact) mass is 428 g/mol. The number of nitrogens with zero attached hydrogens (tertiary/aromatic N) is 1. The molecule has 1 heterocycles. The number of nitrogens with two attached hydrogens (primary N) is 1. The highest BCUT2D eigenvalue weighted by Gasteiger charge is 2.31. The van der Waals surface area contributed by atoms with Crippen molar-refractivity contribution in [2.45, 2.75) is 26.2 Å². The predicted octanol–water partition coefficient (Wildman–Crippen LogP) is 3.88. The summed E-state index contributed by atoms with van der Waals surface area (Å²) in [5.41, 5.74) is 7.15. The number of methoxy groups -OCH3 is 3. The summed E-state index contributed by atoms with van der Waals surface area (Å²) in [6.45, 7) is 4.21. The molecular formula is C24H32N2O5. The quantitative estimate of drug-likeness (QED) is 0.653. The minimum absolute atomic E-state index is 0.100. The summed E-state index contributed by atoms with van der Waals surface area (Å²) in [4.78, 5) is 15.2. The van der Waals surface area contributed by atoms with Gasteiger partial charge in [-0.15, -0.1) is 0 Å². The lowest BCUT2D eigenvalue weighted by atomic mass is 10.1. The smallest absolute Gasteiger partial charge is 0.257 e. The number of ether oxygens (including phenoxy) is 4. The molecule has 2 N–H and O–H groups in total. The number of hydrogen-bond acceptors (Lipinski definition) is 6. The summed E-state index contributed by atoms with van der Waals surface area (Å²) < 4.78 is 22.8. The normalized spacial score (nSPS) is 15.6. The van der Waals surface area contributed by atoms with Crippen molar-refractivity contribution in [2.24, 2.45) is 11.7 Å². The second-order valence-corrected chi connectivity index (χ2v) is 7.62. The van der Waals surface area contributed by atoms with Gasteiger partial charge in [-0.3, -0.25) is 4.79 Å². The molecule has 1 aliphatic heterocycles. The molecule has 0 bridgehead atoms. The lowest BCUT2D eigenvalue weighted by molar-refractivity contribution is 0.0782. The van der Waals surface area contributed by atoms with Crippen LogP contribution in [0.1, 0.15) is 35.7 Å². The van der Waals surface area contributed by atoms with Crippen molar-refractivity contribution in [3.63, 3.8) is 0 Å². The topological polar surface area (TPSA) is 83.3 Å². The van der Waals surface area contributed by atoms with E-state index in [4.69, 9.17) is 24.7 Å². The van der Waals surface area contributed by atoms with E-state index in [-0.39, 0.29) is 5.91 Å². The third-order valence-corrected chi connectivity index (χ3v) is 5.73. The number of benzene rings is 2. The number of hydrogen-bond donors (Lipinski definition) is 1. The Morgan fingerprint density at radius 1 is 1.06 bits per heavy atom. The molecule has 1 atom stereocenters. The first-order valence-corrected chi connectivity index (χ1v) is 10.6. The van der Waals surface area contributed by atoms with Crippen molar-refractivity contribution in [3.05, 3.63) is 41.5 Å². The van der Waals surface area contributed by atoms with Gasteiger partial charge >= 0.3 is 0 Å². The van der Waals surface area contributed by atoms with Crippen molar-refractivity contribution in [1.82, 2.24) is 4.90 Å². The van der Waals surface area contributed by atoms with Gasteiger partial charge in [-0.25, -0.2) is 0 Å². The van der Waals surface area contributed by atoms with Gasteiger partial charge in [0.05, 0.1) is 26.9 Å². The average molecular weight is 429 g/mol. The molecule has 7 nitrogen and oxygen atoms in total. The summed E-state index contributed by atoms with van der Waals surface area (Å²) >= 11 is 0. The molecule has 1 saturated heterocycles. The number of carbonyl (C=O) groups excluding carboxylic acids is 1. The summed E-state index contributed by atoms with van der Waals surface area (Å²) in [5.74, 6) is 2.48. The van der Waals surface area contributed by atoms with Gasteiger partial charge in [0.1, 0.15) is 5.75 Å².